The fourth-order valence-electron chi connectivity index (χ4n) is 1.74. The topological polar surface area (TPSA) is 63.2 Å². The summed E-state index contributed by atoms with van der Waals surface area (Å²) in [6, 6.07) is 9.13. The molecule has 0 saturated carbocycles. The molecule has 1 aromatic carbocycles. The van der Waals surface area contributed by atoms with Crippen LogP contribution in [-0.4, -0.2) is 17.7 Å². The second-order valence-corrected chi connectivity index (χ2v) is 4.80. The highest BCUT2D eigenvalue weighted by atomic mass is 35.5. The number of hydrogen-bond donors (Lipinski definition) is 2. The molecule has 110 valence electrons. The van der Waals surface area contributed by atoms with Crippen molar-refractivity contribution in [3.8, 4) is 0 Å². The molecule has 0 unspecified atom stereocenters. The molecule has 6 heteroatoms. The van der Waals surface area contributed by atoms with Gasteiger partial charge in [-0.2, -0.15) is 0 Å². The van der Waals surface area contributed by atoms with Crippen molar-refractivity contribution in [2.24, 2.45) is 0 Å². The van der Waals surface area contributed by atoms with Crippen LogP contribution in [0.4, 0.5) is 22.0 Å². The van der Waals surface area contributed by atoms with Gasteiger partial charge in [-0.25, -0.2) is 9.78 Å². The number of nitrogens with one attached hydrogen (secondary N) is 2. The zero-order chi connectivity index (χ0) is 15.2. The molecule has 0 atom stereocenters. The molecule has 2 N–H and O–H groups in total. The van der Waals surface area contributed by atoms with Crippen molar-refractivity contribution in [2.45, 2.75) is 13.8 Å². The van der Waals surface area contributed by atoms with Crippen molar-refractivity contribution < 1.29 is 9.53 Å². The zero-order valence-corrected chi connectivity index (χ0v) is 12.6. The summed E-state index contributed by atoms with van der Waals surface area (Å²) in [5.41, 5.74) is 2.80. The molecule has 0 saturated heterocycles. The second kappa shape index (κ2) is 6.95. The molecule has 5 nitrogen and oxygen atoms in total. The predicted molar refractivity (Wildman–Crippen MR) is 84.4 cm³/mol. The van der Waals surface area contributed by atoms with Gasteiger partial charge in [0.25, 0.3) is 0 Å². The minimum absolute atomic E-state index is 0.321. The third-order valence-electron chi connectivity index (χ3n) is 2.74. The Bertz CT molecular complexity index is 629. The van der Waals surface area contributed by atoms with Crippen LogP contribution in [-0.2, 0) is 4.74 Å². The Kier molecular flexibility index (Phi) is 5.00. The summed E-state index contributed by atoms with van der Waals surface area (Å²) in [6.45, 7) is 4.04. The van der Waals surface area contributed by atoms with Crippen molar-refractivity contribution in [1.29, 1.82) is 0 Å². The lowest BCUT2D eigenvalue weighted by Gasteiger charge is -2.10. The first-order valence-corrected chi connectivity index (χ1v) is 6.89. The molecule has 1 heterocycles. The van der Waals surface area contributed by atoms with Crippen LogP contribution in [0.1, 0.15) is 12.5 Å². The first-order chi connectivity index (χ1) is 10.1. The van der Waals surface area contributed by atoms with E-state index in [9.17, 15) is 4.79 Å². The monoisotopic (exact) mass is 305 g/mol. The Labute approximate surface area is 128 Å². The molecule has 21 heavy (non-hydrogen) atoms. The van der Waals surface area contributed by atoms with E-state index in [4.69, 9.17) is 16.3 Å². The van der Waals surface area contributed by atoms with Gasteiger partial charge in [0.15, 0.2) is 0 Å². The molecule has 0 spiro atoms. The fraction of sp³-hybridized carbons (Fsp3) is 0.200. The minimum atomic E-state index is -0.515. The van der Waals surface area contributed by atoms with E-state index in [1.165, 1.54) is 0 Å². The molecule has 0 radical (unpaired) electrons. The van der Waals surface area contributed by atoms with E-state index in [2.05, 4.69) is 15.6 Å². The number of aromatic nitrogens is 1. The quantitative estimate of drug-likeness (QED) is 0.881. The van der Waals surface area contributed by atoms with E-state index in [1.54, 1.807) is 19.2 Å². The average molecular weight is 306 g/mol. The van der Waals surface area contributed by atoms with Crippen LogP contribution >= 0.6 is 11.6 Å². The molecule has 0 aliphatic rings. The van der Waals surface area contributed by atoms with E-state index in [-0.39, 0.29) is 0 Å². The third kappa shape index (κ3) is 4.36. The second-order valence-electron chi connectivity index (χ2n) is 4.36. The maximum absolute atomic E-state index is 11.3. The number of rotatable bonds is 4. The Morgan fingerprint density at radius 3 is 2.76 bits per heavy atom. The molecule has 2 rings (SSSR count). The van der Waals surface area contributed by atoms with E-state index in [0.717, 1.165) is 16.9 Å². The lowest BCUT2D eigenvalue weighted by molar-refractivity contribution is 0.168. The van der Waals surface area contributed by atoms with Gasteiger partial charge in [0.05, 0.1) is 18.5 Å². The van der Waals surface area contributed by atoms with E-state index in [1.807, 2.05) is 31.2 Å². The van der Waals surface area contributed by atoms with Crippen molar-refractivity contribution in [3.05, 3.63) is 47.1 Å². The summed E-state index contributed by atoms with van der Waals surface area (Å²) in [5.74, 6) is 0.437. The van der Waals surface area contributed by atoms with Gasteiger partial charge in [-0.15, -0.1) is 0 Å². The predicted octanol–water partition coefficient (Wildman–Crippen LogP) is 4.36. The number of aryl methyl sites for hydroxylation is 1. The Morgan fingerprint density at radius 2 is 2.14 bits per heavy atom. The molecule has 0 aliphatic carbocycles. The number of hydrogen-bond acceptors (Lipinski definition) is 4. The maximum Gasteiger partial charge on any atom is 0.412 e. The number of pyridine rings is 1. The van der Waals surface area contributed by atoms with Crippen LogP contribution in [0.2, 0.25) is 5.02 Å². The van der Waals surface area contributed by atoms with Crippen molar-refractivity contribution in [2.75, 3.05) is 17.2 Å². The Hall–Kier alpha value is -2.27. The molecule has 1 aromatic heterocycles. The molecule has 0 fully saturated rings. The van der Waals surface area contributed by atoms with Crippen molar-refractivity contribution in [1.82, 2.24) is 4.98 Å². The molecule has 1 amide bonds. The summed E-state index contributed by atoms with van der Waals surface area (Å²) in [4.78, 5) is 15.4. The van der Waals surface area contributed by atoms with Crippen molar-refractivity contribution >= 4 is 34.9 Å². The zero-order valence-electron chi connectivity index (χ0n) is 11.8. The lowest BCUT2D eigenvalue weighted by atomic mass is 10.2. The number of nitrogens with zero attached hydrogens (tertiary/aromatic N) is 1. The van der Waals surface area contributed by atoms with Gasteiger partial charge in [0.2, 0.25) is 0 Å². The van der Waals surface area contributed by atoms with Gasteiger partial charge >= 0.3 is 6.09 Å². The largest absolute Gasteiger partial charge is 0.450 e. The molecule has 0 aliphatic heterocycles. The highest BCUT2D eigenvalue weighted by molar-refractivity contribution is 6.30. The summed E-state index contributed by atoms with van der Waals surface area (Å²) in [6.07, 6.45) is 1.12. The lowest BCUT2D eigenvalue weighted by Crippen LogP contribution is -2.14. The number of carbonyl (C=O) groups excluding carboxylic acids is 1. The normalized spacial score (nSPS) is 10.0. The van der Waals surface area contributed by atoms with Gasteiger partial charge in [0.1, 0.15) is 5.82 Å². The van der Waals surface area contributed by atoms with Gasteiger partial charge in [-0.1, -0.05) is 11.6 Å². The van der Waals surface area contributed by atoms with Gasteiger partial charge < -0.3 is 10.1 Å². The first-order valence-electron chi connectivity index (χ1n) is 6.51. The summed E-state index contributed by atoms with van der Waals surface area (Å²) in [5, 5.41) is 6.47. The molecule has 0 bridgehead atoms. The van der Waals surface area contributed by atoms with Crippen LogP contribution in [0.15, 0.2) is 36.5 Å². The highest BCUT2D eigenvalue weighted by Gasteiger charge is 2.04. The smallest absolute Gasteiger partial charge is 0.412 e. The average Bonchev–Trinajstić information content (AvgIpc) is 2.44. The third-order valence-corrected chi connectivity index (χ3v) is 2.97. The van der Waals surface area contributed by atoms with E-state index < -0.39 is 6.09 Å². The number of carbonyl (C=O) groups is 1. The summed E-state index contributed by atoms with van der Waals surface area (Å²) >= 11 is 5.92. The van der Waals surface area contributed by atoms with Crippen LogP contribution in [0, 0.1) is 6.92 Å². The number of amides is 1. The first kappa shape index (κ1) is 15.1. The van der Waals surface area contributed by atoms with E-state index >= 15 is 0 Å². The maximum atomic E-state index is 11.3. The molecular weight excluding hydrogens is 290 g/mol. The number of ether oxygens (including phenoxy) is 1. The molecule has 2 aromatic rings. The summed E-state index contributed by atoms with van der Waals surface area (Å²) in [7, 11) is 0. The van der Waals surface area contributed by atoms with Crippen LogP contribution in [0.25, 0.3) is 0 Å². The van der Waals surface area contributed by atoms with Crippen LogP contribution in [0.3, 0.4) is 0 Å². The molecular formula is C15H16ClN3O2. The van der Waals surface area contributed by atoms with Gasteiger partial charge in [-0.3, -0.25) is 5.32 Å². The van der Waals surface area contributed by atoms with Crippen molar-refractivity contribution in [3.63, 3.8) is 0 Å². The van der Waals surface area contributed by atoms with E-state index in [0.29, 0.717) is 17.4 Å². The van der Waals surface area contributed by atoms with Crippen LogP contribution < -0.4 is 10.6 Å². The van der Waals surface area contributed by atoms with Gasteiger partial charge in [-0.05, 0) is 49.7 Å². The standard InChI is InChI=1S/C15H16ClN3O2/c1-3-21-15(20)19-14-7-5-12(9-17-14)18-13-6-4-11(16)8-10(13)2/h4-9,18H,3H2,1-2H3,(H,17,19,20). The van der Waals surface area contributed by atoms with Crippen LogP contribution in [0.5, 0.6) is 0 Å². The summed E-state index contributed by atoms with van der Waals surface area (Å²) < 4.78 is 4.78. The minimum Gasteiger partial charge on any atom is -0.450 e. The fourth-order valence-corrected chi connectivity index (χ4v) is 1.96. The number of benzene rings is 1. The highest BCUT2D eigenvalue weighted by Crippen LogP contribution is 2.23. The SMILES string of the molecule is CCOC(=O)Nc1ccc(Nc2ccc(Cl)cc2C)cn1. The number of anilines is 3. The Morgan fingerprint density at radius 1 is 1.33 bits per heavy atom. The van der Waals surface area contributed by atoms with Gasteiger partial charge in [0, 0.05) is 10.7 Å². The number of halogens is 1. The Balaban J connectivity index is 2.03.